The summed E-state index contributed by atoms with van der Waals surface area (Å²) in [7, 11) is -6.86. The molecule has 0 radical (unpaired) electrons. The third kappa shape index (κ3) is 3.82. The Balaban J connectivity index is 2.09. The van der Waals surface area contributed by atoms with E-state index in [2.05, 4.69) is 4.72 Å². The van der Waals surface area contributed by atoms with E-state index in [0.717, 1.165) is 0 Å². The molecule has 1 aromatic rings. The Morgan fingerprint density at radius 1 is 1.52 bits per heavy atom. The lowest BCUT2D eigenvalue weighted by Gasteiger charge is -2.08. The van der Waals surface area contributed by atoms with Crippen LogP contribution in [0.2, 0.25) is 0 Å². The predicted octanol–water partition coefficient (Wildman–Crippen LogP) is 0.468. The molecule has 0 spiro atoms. The fourth-order valence-corrected chi connectivity index (χ4v) is 6.53. The molecule has 0 saturated carbocycles. The lowest BCUT2D eigenvalue weighted by Crippen LogP contribution is -2.29. The van der Waals surface area contributed by atoms with Gasteiger partial charge in [-0.3, -0.25) is 0 Å². The second-order valence-corrected chi connectivity index (χ2v) is 10.3. The zero-order valence-corrected chi connectivity index (χ0v) is 13.6. The third-order valence-corrected chi connectivity index (χ3v) is 8.20. The molecular formula is C11H15NO6S3. The fraction of sp³-hybridized carbons (Fsp3) is 0.545. The smallest absolute Gasteiger partial charge is 0.346 e. The van der Waals surface area contributed by atoms with Gasteiger partial charge in [0.1, 0.15) is 9.09 Å². The zero-order valence-electron chi connectivity index (χ0n) is 11.2. The number of rotatable bonds is 5. The van der Waals surface area contributed by atoms with Crippen molar-refractivity contribution >= 4 is 37.2 Å². The highest BCUT2D eigenvalue weighted by atomic mass is 32.2. The Morgan fingerprint density at radius 2 is 2.19 bits per heavy atom. The Kier molecular flexibility index (Phi) is 4.43. The summed E-state index contributed by atoms with van der Waals surface area (Å²) in [4.78, 5) is 10.9. The molecule has 0 amide bonds. The number of sulfone groups is 1. The van der Waals surface area contributed by atoms with Gasteiger partial charge in [-0.05, 0) is 30.9 Å². The van der Waals surface area contributed by atoms with Gasteiger partial charge in [-0.25, -0.2) is 26.4 Å². The van der Waals surface area contributed by atoms with Gasteiger partial charge < -0.3 is 5.11 Å². The molecule has 118 valence electrons. The number of carboxylic acids is 1. The van der Waals surface area contributed by atoms with Crippen LogP contribution in [0.1, 0.15) is 21.7 Å². The molecule has 1 aliphatic heterocycles. The number of aromatic carboxylic acids is 1. The molecule has 1 aromatic heterocycles. The van der Waals surface area contributed by atoms with E-state index in [4.69, 9.17) is 5.11 Å². The van der Waals surface area contributed by atoms with Gasteiger partial charge in [0, 0.05) is 6.54 Å². The molecule has 1 fully saturated rings. The minimum atomic E-state index is -3.81. The van der Waals surface area contributed by atoms with Crippen molar-refractivity contribution in [3.8, 4) is 0 Å². The number of carbonyl (C=O) groups is 1. The monoisotopic (exact) mass is 353 g/mol. The van der Waals surface area contributed by atoms with E-state index in [9.17, 15) is 21.6 Å². The molecule has 0 bridgehead atoms. The summed E-state index contributed by atoms with van der Waals surface area (Å²) in [6.45, 7) is 1.57. The number of thiophene rings is 1. The standard InChI is InChI=1S/C11H15NO6S3/c1-7-4-9(19-10(7)11(13)14)21(17,18)12-5-8-2-3-20(15,16)6-8/h4,8,12H,2-3,5-6H2,1H3,(H,13,14). The van der Waals surface area contributed by atoms with Gasteiger partial charge in [-0.15, -0.1) is 11.3 Å². The first-order valence-corrected chi connectivity index (χ1v) is 10.3. The van der Waals surface area contributed by atoms with Crippen LogP contribution in [0.3, 0.4) is 0 Å². The normalized spacial score (nSPS) is 21.5. The van der Waals surface area contributed by atoms with Crippen LogP contribution in [-0.4, -0.2) is 46.0 Å². The van der Waals surface area contributed by atoms with E-state index in [-0.39, 0.29) is 33.1 Å². The van der Waals surface area contributed by atoms with Crippen LogP contribution in [0.25, 0.3) is 0 Å². The number of sulfonamides is 1. The van der Waals surface area contributed by atoms with Crippen molar-refractivity contribution in [2.75, 3.05) is 18.1 Å². The highest BCUT2D eigenvalue weighted by Crippen LogP contribution is 2.26. The maximum Gasteiger partial charge on any atom is 0.346 e. The van der Waals surface area contributed by atoms with Gasteiger partial charge in [-0.1, -0.05) is 0 Å². The van der Waals surface area contributed by atoms with Crippen LogP contribution in [0.15, 0.2) is 10.3 Å². The van der Waals surface area contributed by atoms with Crippen LogP contribution in [0.5, 0.6) is 0 Å². The van der Waals surface area contributed by atoms with Gasteiger partial charge in [-0.2, -0.15) is 0 Å². The molecule has 1 atom stereocenters. The number of hydrogen-bond donors (Lipinski definition) is 2. The van der Waals surface area contributed by atoms with Crippen molar-refractivity contribution in [3.63, 3.8) is 0 Å². The lowest BCUT2D eigenvalue weighted by molar-refractivity contribution is 0.0701. The van der Waals surface area contributed by atoms with Gasteiger partial charge >= 0.3 is 5.97 Å². The molecule has 21 heavy (non-hydrogen) atoms. The number of nitrogens with one attached hydrogen (secondary N) is 1. The second-order valence-electron chi connectivity index (χ2n) is 5.00. The average molecular weight is 353 g/mol. The maximum absolute atomic E-state index is 12.1. The lowest BCUT2D eigenvalue weighted by atomic mass is 10.1. The number of carboxylic acid groups (broad SMARTS) is 1. The van der Waals surface area contributed by atoms with Crippen LogP contribution >= 0.6 is 11.3 Å². The quantitative estimate of drug-likeness (QED) is 0.794. The average Bonchev–Trinajstić information content (AvgIpc) is 2.90. The summed E-state index contributed by atoms with van der Waals surface area (Å²) < 4.78 is 49.1. The minimum Gasteiger partial charge on any atom is -0.477 e. The third-order valence-electron chi connectivity index (χ3n) is 3.24. The summed E-state index contributed by atoms with van der Waals surface area (Å²) in [6, 6.07) is 1.31. The molecule has 7 nitrogen and oxygen atoms in total. The van der Waals surface area contributed by atoms with Crippen LogP contribution < -0.4 is 4.72 Å². The summed E-state index contributed by atoms with van der Waals surface area (Å²) >= 11 is 0.689. The van der Waals surface area contributed by atoms with Gasteiger partial charge in [0.25, 0.3) is 0 Å². The van der Waals surface area contributed by atoms with E-state index in [1.807, 2.05) is 0 Å². The van der Waals surface area contributed by atoms with E-state index < -0.39 is 25.8 Å². The van der Waals surface area contributed by atoms with Crippen LogP contribution in [0.4, 0.5) is 0 Å². The molecule has 0 aromatic carbocycles. The summed E-state index contributed by atoms with van der Waals surface area (Å²) in [6.07, 6.45) is 0.439. The van der Waals surface area contributed by atoms with E-state index in [0.29, 0.717) is 23.3 Å². The highest BCUT2D eigenvalue weighted by Gasteiger charge is 2.29. The molecule has 1 saturated heterocycles. The summed E-state index contributed by atoms with van der Waals surface area (Å²) in [5.41, 5.74) is 0.385. The van der Waals surface area contributed by atoms with Crippen LogP contribution in [0, 0.1) is 12.8 Å². The summed E-state index contributed by atoms with van der Waals surface area (Å²) in [5.74, 6) is -1.33. The molecule has 2 heterocycles. The topological polar surface area (TPSA) is 118 Å². The largest absolute Gasteiger partial charge is 0.477 e. The molecule has 2 N–H and O–H groups in total. The van der Waals surface area contributed by atoms with E-state index >= 15 is 0 Å². The molecule has 2 rings (SSSR count). The van der Waals surface area contributed by atoms with E-state index in [1.54, 1.807) is 0 Å². The van der Waals surface area contributed by atoms with Gasteiger partial charge in [0.2, 0.25) is 10.0 Å². The Labute approximate surface area is 127 Å². The van der Waals surface area contributed by atoms with Crippen molar-refractivity contribution in [1.29, 1.82) is 0 Å². The van der Waals surface area contributed by atoms with Gasteiger partial charge in [0.15, 0.2) is 9.84 Å². The SMILES string of the molecule is Cc1cc(S(=O)(=O)NCC2CCS(=O)(=O)C2)sc1C(=O)O. The molecule has 10 heteroatoms. The van der Waals surface area contributed by atoms with Crippen molar-refractivity contribution in [2.24, 2.45) is 5.92 Å². The van der Waals surface area contributed by atoms with Crippen molar-refractivity contribution in [3.05, 3.63) is 16.5 Å². The molecule has 1 unspecified atom stereocenters. The molecule has 1 aliphatic rings. The molecular weight excluding hydrogens is 338 g/mol. The highest BCUT2D eigenvalue weighted by molar-refractivity contribution is 7.92. The van der Waals surface area contributed by atoms with Gasteiger partial charge in [0.05, 0.1) is 11.5 Å². The summed E-state index contributed by atoms with van der Waals surface area (Å²) in [5, 5.41) is 8.93. The number of aryl methyl sites for hydroxylation is 1. The van der Waals surface area contributed by atoms with E-state index in [1.165, 1.54) is 13.0 Å². The van der Waals surface area contributed by atoms with Crippen LogP contribution in [-0.2, 0) is 19.9 Å². The first kappa shape index (κ1) is 16.4. The van der Waals surface area contributed by atoms with Crippen molar-refractivity contribution in [1.82, 2.24) is 4.72 Å². The van der Waals surface area contributed by atoms with Crippen molar-refractivity contribution in [2.45, 2.75) is 17.6 Å². The Hall–Kier alpha value is -0.970. The Bertz CT molecular complexity index is 762. The Morgan fingerprint density at radius 3 is 2.67 bits per heavy atom. The fourth-order valence-electron chi connectivity index (χ4n) is 2.13. The maximum atomic E-state index is 12.1. The second kappa shape index (κ2) is 5.67. The first-order valence-electron chi connectivity index (χ1n) is 6.14. The predicted molar refractivity (Wildman–Crippen MR) is 78.0 cm³/mol. The van der Waals surface area contributed by atoms with Crippen molar-refractivity contribution < 1.29 is 26.7 Å². The number of hydrogen-bond acceptors (Lipinski definition) is 6. The molecule has 0 aliphatic carbocycles. The minimum absolute atomic E-state index is 0.0145. The first-order chi connectivity index (χ1) is 9.61. The zero-order chi connectivity index (χ0) is 15.8.